The fourth-order valence-electron chi connectivity index (χ4n) is 1.92. The lowest BCUT2D eigenvalue weighted by Crippen LogP contribution is -2.03. The molecule has 0 spiro atoms. The van der Waals surface area contributed by atoms with Crippen LogP contribution in [0, 0.1) is 0 Å². The normalized spacial score (nSPS) is 11.5. The number of oxime groups is 1. The van der Waals surface area contributed by atoms with Gasteiger partial charge in [0.05, 0.1) is 19.0 Å². The third-order valence-electron chi connectivity index (χ3n) is 3.13. The van der Waals surface area contributed by atoms with Crippen molar-refractivity contribution in [3.8, 4) is 11.5 Å². The summed E-state index contributed by atoms with van der Waals surface area (Å²) in [7, 11) is 1.59. The lowest BCUT2D eigenvalue weighted by atomic mass is 10.1. The first kappa shape index (κ1) is 14.9. The summed E-state index contributed by atoms with van der Waals surface area (Å²) in [5.74, 6) is 1.29. The topological polar surface area (TPSA) is 68.9 Å². The predicted octanol–water partition coefficient (Wildman–Crippen LogP) is 2.69. The van der Waals surface area contributed by atoms with E-state index in [4.69, 9.17) is 14.7 Å². The summed E-state index contributed by atoms with van der Waals surface area (Å²) in [4.78, 5) is 0. The van der Waals surface area contributed by atoms with Gasteiger partial charge in [-0.3, -0.25) is 4.68 Å². The predicted molar refractivity (Wildman–Crippen MR) is 79.2 cm³/mol. The van der Waals surface area contributed by atoms with Gasteiger partial charge in [0, 0.05) is 29.9 Å². The molecule has 112 valence electrons. The number of hydrogen-bond donors (Lipinski definition) is 1. The van der Waals surface area contributed by atoms with Crippen molar-refractivity contribution in [2.75, 3.05) is 7.11 Å². The molecule has 0 aliphatic rings. The van der Waals surface area contributed by atoms with Crippen LogP contribution in [0.3, 0.4) is 0 Å². The first-order valence-corrected chi connectivity index (χ1v) is 6.69. The van der Waals surface area contributed by atoms with E-state index in [9.17, 15) is 0 Å². The molecule has 0 fully saturated rings. The SMILES string of the molecule is CCn1cc(COc2cc(OC)ccc2/C(C)=N/O)cn1. The molecule has 0 aliphatic carbocycles. The minimum absolute atomic E-state index is 0.388. The number of nitrogens with zero attached hydrogens (tertiary/aromatic N) is 3. The second-order valence-electron chi connectivity index (χ2n) is 4.54. The van der Waals surface area contributed by atoms with Crippen LogP contribution in [0.25, 0.3) is 0 Å². The average Bonchev–Trinajstić information content (AvgIpc) is 3.00. The molecule has 1 aromatic heterocycles. The van der Waals surface area contributed by atoms with E-state index in [2.05, 4.69) is 10.3 Å². The van der Waals surface area contributed by atoms with Crippen LogP contribution in [0.4, 0.5) is 0 Å². The van der Waals surface area contributed by atoms with E-state index in [-0.39, 0.29) is 0 Å². The molecule has 2 rings (SSSR count). The molecule has 2 aromatic rings. The molecule has 0 saturated heterocycles. The molecule has 1 heterocycles. The van der Waals surface area contributed by atoms with E-state index in [0.29, 0.717) is 23.8 Å². The highest BCUT2D eigenvalue weighted by Crippen LogP contribution is 2.26. The molecule has 0 aliphatic heterocycles. The summed E-state index contributed by atoms with van der Waals surface area (Å²) in [6.07, 6.45) is 3.71. The molecule has 0 radical (unpaired) electrons. The lowest BCUT2D eigenvalue weighted by Gasteiger charge is -2.11. The Morgan fingerprint density at radius 3 is 2.86 bits per heavy atom. The Morgan fingerprint density at radius 1 is 1.43 bits per heavy atom. The number of aryl methyl sites for hydroxylation is 1. The summed E-state index contributed by atoms with van der Waals surface area (Å²) >= 11 is 0. The number of rotatable bonds is 6. The molecule has 0 saturated carbocycles. The molecular formula is C15H19N3O3. The Labute approximate surface area is 123 Å². The molecule has 6 nitrogen and oxygen atoms in total. The van der Waals surface area contributed by atoms with Gasteiger partial charge in [0.25, 0.3) is 0 Å². The van der Waals surface area contributed by atoms with Crippen molar-refractivity contribution in [2.24, 2.45) is 5.16 Å². The van der Waals surface area contributed by atoms with Gasteiger partial charge in [0.2, 0.25) is 0 Å². The van der Waals surface area contributed by atoms with Gasteiger partial charge in [0.15, 0.2) is 0 Å². The Bertz CT molecular complexity index is 635. The van der Waals surface area contributed by atoms with Gasteiger partial charge in [-0.1, -0.05) is 5.16 Å². The molecule has 21 heavy (non-hydrogen) atoms. The fraction of sp³-hybridized carbons (Fsp3) is 0.333. The van der Waals surface area contributed by atoms with Crippen LogP contribution in [0.5, 0.6) is 11.5 Å². The first-order chi connectivity index (χ1) is 10.2. The molecular weight excluding hydrogens is 270 g/mol. The summed E-state index contributed by atoms with van der Waals surface area (Å²) in [6.45, 7) is 4.95. The largest absolute Gasteiger partial charge is 0.497 e. The highest BCUT2D eigenvalue weighted by Gasteiger charge is 2.10. The van der Waals surface area contributed by atoms with Crippen molar-refractivity contribution in [1.82, 2.24) is 9.78 Å². The van der Waals surface area contributed by atoms with Crippen LogP contribution in [-0.2, 0) is 13.2 Å². The summed E-state index contributed by atoms with van der Waals surface area (Å²) in [5, 5.41) is 16.4. The minimum Gasteiger partial charge on any atom is -0.497 e. The minimum atomic E-state index is 0.388. The zero-order chi connectivity index (χ0) is 15.2. The zero-order valence-corrected chi connectivity index (χ0v) is 12.4. The Balaban J connectivity index is 2.20. The van der Waals surface area contributed by atoms with E-state index < -0.39 is 0 Å². The van der Waals surface area contributed by atoms with E-state index >= 15 is 0 Å². The molecule has 6 heteroatoms. The second-order valence-corrected chi connectivity index (χ2v) is 4.54. The van der Waals surface area contributed by atoms with Crippen molar-refractivity contribution in [1.29, 1.82) is 0 Å². The lowest BCUT2D eigenvalue weighted by molar-refractivity contribution is 0.301. The Kier molecular flexibility index (Phi) is 4.81. The van der Waals surface area contributed by atoms with Gasteiger partial charge >= 0.3 is 0 Å². The summed E-state index contributed by atoms with van der Waals surface area (Å²) in [6, 6.07) is 5.37. The van der Waals surface area contributed by atoms with Crippen LogP contribution in [0.1, 0.15) is 25.0 Å². The number of ether oxygens (including phenoxy) is 2. The van der Waals surface area contributed by atoms with Crippen LogP contribution < -0.4 is 9.47 Å². The highest BCUT2D eigenvalue weighted by molar-refractivity contribution is 6.00. The molecule has 0 bridgehead atoms. The molecule has 0 amide bonds. The summed E-state index contributed by atoms with van der Waals surface area (Å²) < 4.78 is 12.9. The van der Waals surface area contributed by atoms with Crippen molar-refractivity contribution < 1.29 is 14.7 Å². The van der Waals surface area contributed by atoms with Crippen molar-refractivity contribution in [3.63, 3.8) is 0 Å². The highest BCUT2D eigenvalue weighted by atomic mass is 16.5. The van der Waals surface area contributed by atoms with E-state index in [0.717, 1.165) is 17.7 Å². The van der Waals surface area contributed by atoms with Gasteiger partial charge < -0.3 is 14.7 Å². The first-order valence-electron chi connectivity index (χ1n) is 6.69. The number of methoxy groups -OCH3 is 1. The molecule has 1 N–H and O–H groups in total. The molecule has 0 unspecified atom stereocenters. The van der Waals surface area contributed by atoms with Gasteiger partial charge in [-0.15, -0.1) is 0 Å². The monoisotopic (exact) mass is 289 g/mol. The van der Waals surface area contributed by atoms with E-state index in [1.165, 1.54) is 0 Å². The Hall–Kier alpha value is -2.50. The third-order valence-corrected chi connectivity index (χ3v) is 3.13. The molecule has 1 aromatic carbocycles. The maximum Gasteiger partial charge on any atom is 0.132 e. The van der Waals surface area contributed by atoms with E-state index in [1.807, 2.05) is 17.8 Å². The standard InChI is InChI=1S/C15H19N3O3/c1-4-18-9-12(8-16-18)10-21-15-7-13(20-3)5-6-14(15)11(2)17-19/h5-9,19H,4,10H2,1-3H3/b17-11+. The third kappa shape index (κ3) is 3.53. The average molecular weight is 289 g/mol. The van der Waals surface area contributed by atoms with Gasteiger partial charge in [0.1, 0.15) is 18.1 Å². The van der Waals surface area contributed by atoms with Gasteiger partial charge in [-0.2, -0.15) is 5.10 Å². The van der Waals surface area contributed by atoms with Gasteiger partial charge in [-0.05, 0) is 26.0 Å². The second kappa shape index (κ2) is 6.78. The van der Waals surface area contributed by atoms with Crippen LogP contribution in [-0.4, -0.2) is 27.8 Å². The number of aromatic nitrogens is 2. The summed E-state index contributed by atoms with van der Waals surface area (Å²) in [5.41, 5.74) is 2.18. The Morgan fingerprint density at radius 2 is 2.24 bits per heavy atom. The quantitative estimate of drug-likeness (QED) is 0.504. The van der Waals surface area contributed by atoms with Crippen molar-refractivity contribution in [2.45, 2.75) is 27.0 Å². The maximum atomic E-state index is 8.95. The van der Waals surface area contributed by atoms with E-state index in [1.54, 1.807) is 38.4 Å². The fourth-order valence-corrected chi connectivity index (χ4v) is 1.92. The van der Waals surface area contributed by atoms with Crippen molar-refractivity contribution in [3.05, 3.63) is 41.7 Å². The van der Waals surface area contributed by atoms with Gasteiger partial charge in [-0.25, -0.2) is 0 Å². The number of benzene rings is 1. The smallest absolute Gasteiger partial charge is 0.132 e. The van der Waals surface area contributed by atoms with Crippen molar-refractivity contribution >= 4 is 5.71 Å². The van der Waals surface area contributed by atoms with Crippen LogP contribution >= 0.6 is 0 Å². The number of hydrogen-bond acceptors (Lipinski definition) is 5. The molecule has 0 atom stereocenters. The maximum absolute atomic E-state index is 8.95. The zero-order valence-electron chi connectivity index (χ0n) is 12.4. The van der Waals surface area contributed by atoms with Crippen LogP contribution in [0.15, 0.2) is 35.7 Å². The van der Waals surface area contributed by atoms with Crippen LogP contribution in [0.2, 0.25) is 0 Å².